The van der Waals surface area contributed by atoms with E-state index in [0.717, 1.165) is 0 Å². The third kappa shape index (κ3) is 4.08. The molecule has 0 radical (unpaired) electrons. The number of hydrogen-bond acceptors (Lipinski definition) is 3. The van der Waals surface area contributed by atoms with Gasteiger partial charge in [0.25, 0.3) is 5.91 Å². The highest BCUT2D eigenvalue weighted by Gasteiger charge is 2.07. The molecule has 1 heterocycles. The van der Waals surface area contributed by atoms with E-state index in [2.05, 4.69) is 15.6 Å². The van der Waals surface area contributed by atoms with Crippen LogP contribution in [0, 0.1) is 0 Å². The Labute approximate surface area is 94.3 Å². The monoisotopic (exact) mass is 221 g/mol. The van der Waals surface area contributed by atoms with Gasteiger partial charge in [-0.25, -0.2) is 0 Å². The quantitative estimate of drug-likeness (QED) is 0.770. The number of carbonyl (C=O) groups is 2. The van der Waals surface area contributed by atoms with Crippen molar-refractivity contribution >= 4 is 11.8 Å². The highest BCUT2D eigenvalue weighted by molar-refractivity contribution is 5.96. The number of carbonyl (C=O) groups excluding carboxylic acids is 2. The third-order valence-corrected chi connectivity index (χ3v) is 1.80. The summed E-state index contributed by atoms with van der Waals surface area (Å²) in [4.78, 5) is 26.6. The van der Waals surface area contributed by atoms with Gasteiger partial charge in [-0.2, -0.15) is 0 Å². The number of amides is 2. The van der Waals surface area contributed by atoms with Crippen molar-refractivity contribution in [2.45, 2.75) is 19.9 Å². The van der Waals surface area contributed by atoms with Crippen molar-refractivity contribution in [2.24, 2.45) is 0 Å². The van der Waals surface area contributed by atoms with Crippen LogP contribution in [0.4, 0.5) is 0 Å². The van der Waals surface area contributed by atoms with Gasteiger partial charge in [0.1, 0.15) is 0 Å². The van der Waals surface area contributed by atoms with Crippen molar-refractivity contribution in [1.82, 2.24) is 15.6 Å². The zero-order chi connectivity index (χ0) is 12.0. The van der Waals surface area contributed by atoms with Gasteiger partial charge in [0.15, 0.2) is 0 Å². The minimum Gasteiger partial charge on any atom is -0.352 e. The number of nitrogens with zero attached hydrogens (tertiary/aromatic N) is 1. The molecule has 0 aliphatic rings. The van der Waals surface area contributed by atoms with Crippen LogP contribution in [0.15, 0.2) is 24.5 Å². The van der Waals surface area contributed by atoms with Crippen LogP contribution in [0.2, 0.25) is 0 Å². The van der Waals surface area contributed by atoms with Gasteiger partial charge in [0.05, 0.1) is 6.54 Å². The number of pyridine rings is 1. The number of rotatable bonds is 4. The van der Waals surface area contributed by atoms with Crippen LogP contribution in [0.25, 0.3) is 0 Å². The van der Waals surface area contributed by atoms with E-state index in [1.165, 1.54) is 12.4 Å². The molecule has 0 spiro atoms. The Morgan fingerprint density at radius 3 is 2.50 bits per heavy atom. The molecule has 1 rings (SSSR count). The van der Waals surface area contributed by atoms with E-state index in [9.17, 15) is 9.59 Å². The predicted octanol–water partition coefficient (Wildman–Crippen LogP) is 0.336. The van der Waals surface area contributed by atoms with Gasteiger partial charge in [0, 0.05) is 24.0 Å². The smallest absolute Gasteiger partial charge is 0.251 e. The Bertz CT molecular complexity index is 363. The largest absolute Gasteiger partial charge is 0.352 e. The topological polar surface area (TPSA) is 71.1 Å². The molecule has 0 saturated heterocycles. The summed E-state index contributed by atoms with van der Waals surface area (Å²) in [5.74, 6) is -0.473. The molecule has 0 aliphatic heterocycles. The van der Waals surface area contributed by atoms with Crippen LogP contribution in [0.5, 0.6) is 0 Å². The van der Waals surface area contributed by atoms with Gasteiger partial charge in [-0.15, -0.1) is 0 Å². The first-order valence-electron chi connectivity index (χ1n) is 5.07. The lowest BCUT2D eigenvalue weighted by Crippen LogP contribution is -2.39. The molecule has 2 N–H and O–H groups in total. The summed E-state index contributed by atoms with van der Waals surface area (Å²) in [6.07, 6.45) is 3.06. The molecule has 2 amide bonds. The molecule has 86 valence electrons. The van der Waals surface area contributed by atoms with Crippen molar-refractivity contribution in [3.8, 4) is 0 Å². The zero-order valence-corrected chi connectivity index (χ0v) is 9.36. The Morgan fingerprint density at radius 2 is 1.94 bits per heavy atom. The first-order valence-corrected chi connectivity index (χ1v) is 5.07. The molecule has 1 aromatic heterocycles. The molecule has 0 atom stereocenters. The van der Waals surface area contributed by atoms with Crippen molar-refractivity contribution in [3.63, 3.8) is 0 Å². The average Bonchev–Trinajstić information content (AvgIpc) is 2.26. The average molecular weight is 221 g/mol. The molecular weight excluding hydrogens is 206 g/mol. The lowest BCUT2D eigenvalue weighted by atomic mass is 10.2. The summed E-state index contributed by atoms with van der Waals surface area (Å²) in [6.45, 7) is 3.71. The summed E-state index contributed by atoms with van der Waals surface area (Å²) in [6, 6.07) is 3.26. The van der Waals surface area contributed by atoms with Crippen LogP contribution in [-0.2, 0) is 4.79 Å². The first-order chi connectivity index (χ1) is 7.59. The summed E-state index contributed by atoms with van der Waals surface area (Å²) >= 11 is 0. The van der Waals surface area contributed by atoms with E-state index in [4.69, 9.17) is 0 Å². The molecule has 16 heavy (non-hydrogen) atoms. The Kier molecular flexibility index (Phi) is 4.44. The molecule has 0 fully saturated rings. The van der Waals surface area contributed by atoms with Crippen LogP contribution in [0.3, 0.4) is 0 Å². The maximum atomic E-state index is 11.5. The maximum absolute atomic E-state index is 11.5. The summed E-state index contributed by atoms with van der Waals surface area (Å²) in [7, 11) is 0. The van der Waals surface area contributed by atoms with Gasteiger partial charge in [-0.3, -0.25) is 14.6 Å². The van der Waals surface area contributed by atoms with Crippen molar-refractivity contribution < 1.29 is 9.59 Å². The fraction of sp³-hybridized carbons (Fsp3) is 0.364. The maximum Gasteiger partial charge on any atom is 0.251 e. The van der Waals surface area contributed by atoms with Crippen LogP contribution >= 0.6 is 0 Å². The molecule has 0 saturated carbocycles. The van der Waals surface area contributed by atoms with Crippen LogP contribution in [-0.4, -0.2) is 29.4 Å². The standard InChI is InChI=1S/C11H15N3O2/c1-8(2)14-10(15)7-13-11(16)9-3-5-12-6-4-9/h3-6,8H,7H2,1-2H3,(H,13,16)(H,14,15). The molecule has 0 aromatic carbocycles. The van der Waals surface area contributed by atoms with Crippen LogP contribution < -0.4 is 10.6 Å². The van der Waals surface area contributed by atoms with E-state index in [-0.39, 0.29) is 24.4 Å². The fourth-order valence-corrected chi connectivity index (χ4v) is 1.14. The van der Waals surface area contributed by atoms with E-state index in [1.807, 2.05) is 13.8 Å². The predicted molar refractivity (Wildman–Crippen MR) is 59.8 cm³/mol. The lowest BCUT2D eigenvalue weighted by Gasteiger charge is -2.09. The minimum absolute atomic E-state index is 0.0145. The van der Waals surface area contributed by atoms with Gasteiger partial charge in [-0.1, -0.05) is 0 Å². The molecule has 1 aromatic rings. The van der Waals surface area contributed by atoms with Gasteiger partial charge in [0.2, 0.25) is 5.91 Å². The Hall–Kier alpha value is -1.91. The highest BCUT2D eigenvalue weighted by atomic mass is 16.2. The molecule has 0 bridgehead atoms. The molecule has 5 heteroatoms. The zero-order valence-electron chi connectivity index (χ0n) is 9.36. The SMILES string of the molecule is CC(C)NC(=O)CNC(=O)c1ccncc1. The van der Waals surface area contributed by atoms with E-state index in [1.54, 1.807) is 12.1 Å². The number of aromatic nitrogens is 1. The molecular formula is C11H15N3O2. The highest BCUT2D eigenvalue weighted by Crippen LogP contribution is 1.94. The molecule has 5 nitrogen and oxygen atoms in total. The van der Waals surface area contributed by atoms with Gasteiger partial charge < -0.3 is 10.6 Å². The second kappa shape index (κ2) is 5.85. The number of nitrogens with one attached hydrogen (secondary N) is 2. The second-order valence-electron chi connectivity index (χ2n) is 3.64. The number of hydrogen-bond donors (Lipinski definition) is 2. The van der Waals surface area contributed by atoms with Gasteiger partial charge in [-0.05, 0) is 26.0 Å². The Balaban J connectivity index is 2.39. The Morgan fingerprint density at radius 1 is 1.31 bits per heavy atom. The summed E-state index contributed by atoms with van der Waals surface area (Å²) in [5, 5.41) is 5.21. The first kappa shape index (κ1) is 12.2. The summed E-state index contributed by atoms with van der Waals surface area (Å²) in [5.41, 5.74) is 0.493. The van der Waals surface area contributed by atoms with E-state index >= 15 is 0 Å². The fourth-order valence-electron chi connectivity index (χ4n) is 1.14. The normalized spacial score (nSPS) is 9.94. The van der Waals surface area contributed by atoms with Crippen molar-refractivity contribution in [2.75, 3.05) is 6.54 Å². The van der Waals surface area contributed by atoms with Crippen LogP contribution in [0.1, 0.15) is 24.2 Å². The molecule has 0 unspecified atom stereocenters. The van der Waals surface area contributed by atoms with Crippen molar-refractivity contribution in [3.05, 3.63) is 30.1 Å². The summed E-state index contributed by atoms with van der Waals surface area (Å²) < 4.78 is 0. The third-order valence-electron chi connectivity index (χ3n) is 1.80. The van der Waals surface area contributed by atoms with Crippen molar-refractivity contribution in [1.29, 1.82) is 0 Å². The lowest BCUT2D eigenvalue weighted by molar-refractivity contribution is -0.120. The second-order valence-corrected chi connectivity index (χ2v) is 3.64. The van der Waals surface area contributed by atoms with Gasteiger partial charge >= 0.3 is 0 Å². The molecule has 0 aliphatic carbocycles. The van der Waals surface area contributed by atoms with E-state index < -0.39 is 0 Å². The minimum atomic E-state index is -0.277. The van der Waals surface area contributed by atoms with E-state index in [0.29, 0.717) is 5.56 Å².